The second kappa shape index (κ2) is 7.73. The lowest BCUT2D eigenvalue weighted by molar-refractivity contribution is 0.313. The Morgan fingerprint density at radius 2 is 2.10 bits per heavy atom. The molecule has 0 unspecified atom stereocenters. The Kier molecular flexibility index (Phi) is 5.96. The van der Waals surface area contributed by atoms with Crippen molar-refractivity contribution in [2.24, 2.45) is 0 Å². The highest BCUT2D eigenvalue weighted by atomic mass is 35.5. The first-order valence-electron chi connectivity index (χ1n) is 7.08. The Bertz CT molecular complexity index is 585. The van der Waals surface area contributed by atoms with Crippen molar-refractivity contribution in [1.29, 1.82) is 0 Å². The molecule has 2 heterocycles. The van der Waals surface area contributed by atoms with Crippen LogP contribution in [0.1, 0.15) is 29.7 Å². The summed E-state index contributed by atoms with van der Waals surface area (Å²) in [5.74, 6) is 1.76. The summed E-state index contributed by atoms with van der Waals surface area (Å²) in [6.07, 6.45) is 1.08. The minimum absolute atomic E-state index is 0.720. The Balaban J connectivity index is 1.99. The number of hydrogen-bond acceptors (Lipinski definition) is 5. The quantitative estimate of drug-likeness (QED) is 0.837. The molecule has 0 atom stereocenters. The third kappa shape index (κ3) is 5.26. The Labute approximate surface area is 135 Å². The summed E-state index contributed by atoms with van der Waals surface area (Å²) < 4.78 is 0.830. The van der Waals surface area contributed by atoms with Crippen molar-refractivity contribution in [2.75, 3.05) is 18.9 Å². The molecule has 0 bridgehead atoms. The van der Waals surface area contributed by atoms with Crippen molar-refractivity contribution >= 4 is 28.8 Å². The first kappa shape index (κ1) is 16.2. The van der Waals surface area contributed by atoms with E-state index < -0.39 is 0 Å². The van der Waals surface area contributed by atoms with Crippen LogP contribution in [0.15, 0.2) is 18.2 Å². The number of hydrogen-bond donors (Lipinski definition) is 1. The van der Waals surface area contributed by atoms with Gasteiger partial charge in [-0.1, -0.05) is 18.5 Å². The van der Waals surface area contributed by atoms with Gasteiger partial charge < -0.3 is 5.32 Å². The molecule has 4 nitrogen and oxygen atoms in total. The van der Waals surface area contributed by atoms with Gasteiger partial charge in [0.25, 0.3) is 0 Å². The maximum Gasteiger partial charge on any atom is 0.144 e. The van der Waals surface area contributed by atoms with Crippen LogP contribution in [0.3, 0.4) is 0 Å². The van der Waals surface area contributed by atoms with Gasteiger partial charge in [0.05, 0.1) is 10.9 Å². The van der Waals surface area contributed by atoms with Gasteiger partial charge in [-0.2, -0.15) is 0 Å². The maximum atomic E-state index is 5.96. The fraction of sp³-hybridized carbons (Fsp3) is 0.467. The number of nitrogens with zero attached hydrogens (tertiary/aromatic N) is 3. The van der Waals surface area contributed by atoms with Crippen LogP contribution in [0, 0.1) is 6.92 Å². The molecule has 2 rings (SSSR count). The van der Waals surface area contributed by atoms with Crippen molar-refractivity contribution in [1.82, 2.24) is 14.9 Å². The van der Waals surface area contributed by atoms with Gasteiger partial charge in [-0.3, -0.25) is 4.90 Å². The molecular weight excluding hydrogens is 304 g/mol. The smallest absolute Gasteiger partial charge is 0.144 e. The van der Waals surface area contributed by atoms with E-state index in [1.54, 1.807) is 11.3 Å². The van der Waals surface area contributed by atoms with E-state index in [1.165, 1.54) is 4.88 Å². The number of thiophene rings is 1. The number of anilines is 1. The van der Waals surface area contributed by atoms with Gasteiger partial charge in [-0.15, -0.1) is 11.3 Å². The van der Waals surface area contributed by atoms with Crippen LogP contribution in [0.4, 0.5) is 5.82 Å². The predicted octanol–water partition coefficient (Wildman–Crippen LogP) is 3.95. The molecule has 1 N–H and O–H groups in total. The van der Waals surface area contributed by atoms with Gasteiger partial charge in [0.15, 0.2) is 0 Å². The van der Waals surface area contributed by atoms with Gasteiger partial charge in [0.1, 0.15) is 11.6 Å². The predicted molar refractivity (Wildman–Crippen MR) is 90.0 cm³/mol. The molecule has 0 aliphatic rings. The van der Waals surface area contributed by atoms with E-state index in [9.17, 15) is 0 Å². The minimum Gasteiger partial charge on any atom is -0.370 e. The maximum absolute atomic E-state index is 5.96. The number of nitrogens with one attached hydrogen (secondary N) is 1. The van der Waals surface area contributed by atoms with Gasteiger partial charge in [-0.25, -0.2) is 9.97 Å². The summed E-state index contributed by atoms with van der Waals surface area (Å²) in [5, 5.41) is 3.32. The Morgan fingerprint density at radius 1 is 1.29 bits per heavy atom. The summed E-state index contributed by atoms with van der Waals surface area (Å²) >= 11 is 7.58. The monoisotopic (exact) mass is 324 g/mol. The molecule has 6 heteroatoms. The average molecular weight is 325 g/mol. The van der Waals surface area contributed by atoms with E-state index in [4.69, 9.17) is 11.6 Å². The molecule has 0 aliphatic carbocycles. The average Bonchev–Trinajstić information content (AvgIpc) is 2.80. The molecule has 0 fully saturated rings. The SMILES string of the molecule is CCCNc1cc(C)nc(CN(C)Cc2ccc(Cl)s2)n1. The van der Waals surface area contributed by atoms with E-state index in [-0.39, 0.29) is 0 Å². The molecule has 0 radical (unpaired) electrons. The van der Waals surface area contributed by atoms with Crippen LogP contribution < -0.4 is 5.32 Å². The Morgan fingerprint density at radius 3 is 2.76 bits per heavy atom. The van der Waals surface area contributed by atoms with Crippen LogP contribution in [0.5, 0.6) is 0 Å². The molecule has 0 saturated carbocycles. The lowest BCUT2D eigenvalue weighted by Crippen LogP contribution is -2.19. The second-order valence-corrected chi connectivity index (χ2v) is 6.92. The van der Waals surface area contributed by atoms with E-state index in [0.29, 0.717) is 0 Å². The standard InChI is InChI=1S/C15H21ClN4S/c1-4-7-17-14-8-11(2)18-15(19-14)10-20(3)9-12-5-6-13(16)21-12/h5-6,8H,4,7,9-10H2,1-3H3,(H,17,18,19). The molecule has 0 saturated heterocycles. The summed E-state index contributed by atoms with van der Waals surface area (Å²) in [5.41, 5.74) is 0.992. The van der Waals surface area contributed by atoms with E-state index in [1.807, 2.05) is 19.1 Å². The Hall–Kier alpha value is -1.17. The fourth-order valence-electron chi connectivity index (χ4n) is 2.04. The van der Waals surface area contributed by atoms with E-state index in [0.717, 1.165) is 47.7 Å². The molecule has 0 aromatic carbocycles. The topological polar surface area (TPSA) is 41.1 Å². The summed E-state index contributed by atoms with van der Waals surface area (Å²) in [6.45, 7) is 6.65. The largest absolute Gasteiger partial charge is 0.370 e. The van der Waals surface area contributed by atoms with Crippen molar-refractivity contribution in [3.05, 3.63) is 38.9 Å². The normalized spacial score (nSPS) is 11.1. The summed E-state index contributed by atoms with van der Waals surface area (Å²) in [4.78, 5) is 12.5. The van der Waals surface area contributed by atoms with E-state index >= 15 is 0 Å². The number of rotatable bonds is 7. The first-order valence-corrected chi connectivity index (χ1v) is 8.27. The zero-order valence-corrected chi connectivity index (χ0v) is 14.3. The van der Waals surface area contributed by atoms with Gasteiger partial charge in [0.2, 0.25) is 0 Å². The van der Waals surface area contributed by atoms with Crippen molar-refractivity contribution in [3.8, 4) is 0 Å². The zero-order valence-electron chi connectivity index (χ0n) is 12.7. The third-order valence-electron chi connectivity index (χ3n) is 2.92. The lowest BCUT2D eigenvalue weighted by atomic mass is 10.3. The summed E-state index contributed by atoms with van der Waals surface area (Å²) in [6, 6.07) is 5.98. The van der Waals surface area contributed by atoms with Gasteiger partial charge in [0, 0.05) is 29.7 Å². The molecule has 114 valence electrons. The molecule has 0 aliphatic heterocycles. The molecular formula is C15H21ClN4S. The van der Waals surface area contributed by atoms with Crippen molar-refractivity contribution < 1.29 is 0 Å². The molecule has 2 aromatic rings. The van der Waals surface area contributed by atoms with Gasteiger partial charge in [-0.05, 0) is 32.5 Å². The highest BCUT2D eigenvalue weighted by molar-refractivity contribution is 7.16. The number of halogens is 1. The highest BCUT2D eigenvalue weighted by Gasteiger charge is 2.08. The molecule has 0 amide bonds. The molecule has 2 aromatic heterocycles. The van der Waals surface area contributed by atoms with Gasteiger partial charge >= 0.3 is 0 Å². The third-order valence-corrected chi connectivity index (χ3v) is 4.14. The number of aryl methyl sites for hydroxylation is 1. The zero-order chi connectivity index (χ0) is 15.2. The van der Waals surface area contributed by atoms with Crippen molar-refractivity contribution in [2.45, 2.75) is 33.4 Å². The highest BCUT2D eigenvalue weighted by Crippen LogP contribution is 2.22. The van der Waals surface area contributed by atoms with Crippen LogP contribution in [-0.2, 0) is 13.1 Å². The molecule has 21 heavy (non-hydrogen) atoms. The second-order valence-electron chi connectivity index (χ2n) is 5.12. The van der Waals surface area contributed by atoms with Crippen LogP contribution in [-0.4, -0.2) is 28.5 Å². The molecule has 0 spiro atoms. The van der Waals surface area contributed by atoms with Crippen LogP contribution in [0.25, 0.3) is 0 Å². The van der Waals surface area contributed by atoms with Crippen LogP contribution >= 0.6 is 22.9 Å². The first-order chi connectivity index (χ1) is 10.1. The minimum atomic E-state index is 0.720. The lowest BCUT2D eigenvalue weighted by Gasteiger charge is -2.15. The van der Waals surface area contributed by atoms with Crippen LogP contribution in [0.2, 0.25) is 4.34 Å². The van der Waals surface area contributed by atoms with Crippen molar-refractivity contribution in [3.63, 3.8) is 0 Å². The fourth-order valence-corrected chi connectivity index (χ4v) is 3.21. The van der Waals surface area contributed by atoms with E-state index in [2.05, 4.69) is 40.2 Å². The summed E-state index contributed by atoms with van der Waals surface area (Å²) in [7, 11) is 2.07. The number of aromatic nitrogens is 2.